The lowest BCUT2D eigenvalue weighted by molar-refractivity contribution is 1.05. The number of nitrogens with zero attached hydrogens (tertiary/aromatic N) is 3. The minimum atomic E-state index is 0.943. The Morgan fingerprint density at radius 1 is 0.485 bits per heavy atom. The van der Waals surface area contributed by atoms with Gasteiger partial charge in [-0.05, 0) is 43.3 Å². The lowest BCUT2D eigenvalue weighted by Gasteiger charge is -2.12. The minimum absolute atomic E-state index is 0.943. The molecule has 0 bridgehead atoms. The number of rotatable bonds is 2. The van der Waals surface area contributed by atoms with Crippen LogP contribution in [0.15, 0.2) is 109 Å². The number of aryl methyl sites for hydroxylation is 1. The van der Waals surface area contributed by atoms with Crippen LogP contribution in [0.2, 0.25) is 0 Å². The number of fused-ring (bicyclic) bond motifs is 7. The Kier molecular flexibility index (Phi) is 3.76. The zero-order valence-corrected chi connectivity index (χ0v) is 18.2. The van der Waals surface area contributed by atoms with E-state index >= 15 is 0 Å². The Morgan fingerprint density at radius 2 is 1.06 bits per heavy atom. The molecule has 0 atom stereocenters. The molecule has 0 aliphatic heterocycles. The topological polar surface area (TPSA) is 22.8 Å². The first kappa shape index (κ1) is 18.2. The molecule has 3 heteroatoms. The first-order valence-electron chi connectivity index (χ1n) is 11.3. The standard InChI is InChI=1S/C30H21N3/c1-20-10-9-17-28(31-20)33-27-16-8-6-14-23(27)25-19-18-24-22-13-5-7-15-26(22)32(29(24)30(25)33)21-11-3-2-4-12-21/h2-19H,1H3. The van der Waals surface area contributed by atoms with Gasteiger partial charge in [-0.15, -0.1) is 0 Å². The van der Waals surface area contributed by atoms with Gasteiger partial charge in [-0.1, -0.05) is 72.8 Å². The summed E-state index contributed by atoms with van der Waals surface area (Å²) in [5.41, 5.74) is 6.94. The van der Waals surface area contributed by atoms with Crippen molar-refractivity contribution in [2.45, 2.75) is 6.92 Å². The van der Waals surface area contributed by atoms with Gasteiger partial charge in [0.2, 0.25) is 0 Å². The maximum atomic E-state index is 4.93. The molecule has 3 aromatic heterocycles. The normalized spacial score (nSPS) is 11.8. The van der Waals surface area contributed by atoms with Gasteiger partial charge in [0, 0.05) is 32.9 Å². The number of benzene rings is 4. The predicted molar refractivity (Wildman–Crippen MR) is 138 cm³/mol. The highest BCUT2D eigenvalue weighted by atomic mass is 15.1. The van der Waals surface area contributed by atoms with E-state index in [0.717, 1.165) is 17.2 Å². The summed E-state index contributed by atoms with van der Waals surface area (Å²) >= 11 is 0. The number of pyridine rings is 1. The summed E-state index contributed by atoms with van der Waals surface area (Å²) in [6.07, 6.45) is 0. The second kappa shape index (κ2) is 6.81. The van der Waals surface area contributed by atoms with Gasteiger partial charge in [0.15, 0.2) is 0 Å². The molecule has 0 saturated heterocycles. The second-order valence-corrected chi connectivity index (χ2v) is 8.54. The second-order valence-electron chi connectivity index (χ2n) is 8.54. The van der Waals surface area contributed by atoms with Crippen LogP contribution >= 0.6 is 0 Å². The van der Waals surface area contributed by atoms with Gasteiger partial charge in [-0.2, -0.15) is 0 Å². The van der Waals surface area contributed by atoms with E-state index in [1.807, 2.05) is 13.0 Å². The number of para-hydroxylation sites is 3. The Morgan fingerprint density at radius 3 is 1.73 bits per heavy atom. The van der Waals surface area contributed by atoms with Gasteiger partial charge in [0.1, 0.15) is 5.82 Å². The van der Waals surface area contributed by atoms with Crippen molar-refractivity contribution in [2.24, 2.45) is 0 Å². The summed E-state index contributed by atoms with van der Waals surface area (Å²) in [5, 5.41) is 4.98. The zero-order valence-electron chi connectivity index (χ0n) is 18.2. The fourth-order valence-electron chi connectivity index (χ4n) is 5.24. The van der Waals surface area contributed by atoms with Gasteiger partial charge >= 0.3 is 0 Å². The Bertz CT molecular complexity index is 1820. The molecule has 7 rings (SSSR count). The molecule has 0 fully saturated rings. The Labute approximate surface area is 191 Å². The third kappa shape index (κ3) is 2.53. The van der Waals surface area contributed by atoms with Crippen molar-refractivity contribution >= 4 is 43.6 Å². The first-order valence-corrected chi connectivity index (χ1v) is 11.3. The quantitative estimate of drug-likeness (QED) is 0.281. The van der Waals surface area contributed by atoms with Crippen molar-refractivity contribution in [3.05, 3.63) is 115 Å². The molecule has 0 amide bonds. The molecule has 0 spiro atoms. The van der Waals surface area contributed by atoms with Crippen LogP contribution in [0.5, 0.6) is 0 Å². The van der Waals surface area contributed by atoms with Crippen LogP contribution in [0.25, 0.3) is 55.1 Å². The molecule has 0 unspecified atom stereocenters. The number of hydrogen-bond donors (Lipinski definition) is 0. The van der Waals surface area contributed by atoms with Gasteiger partial charge in [0.25, 0.3) is 0 Å². The van der Waals surface area contributed by atoms with Crippen molar-refractivity contribution in [1.29, 1.82) is 0 Å². The first-order chi connectivity index (χ1) is 16.3. The molecular formula is C30H21N3. The van der Waals surface area contributed by atoms with Crippen molar-refractivity contribution in [3.8, 4) is 11.5 Å². The van der Waals surface area contributed by atoms with Gasteiger partial charge in [0.05, 0.1) is 22.1 Å². The predicted octanol–water partition coefficient (Wildman–Crippen LogP) is 7.58. The van der Waals surface area contributed by atoms with Gasteiger partial charge in [-0.3, -0.25) is 4.57 Å². The molecule has 0 radical (unpaired) electrons. The van der Waals surface area contributed by atoms with Crippen LogP contribution in [0.4, 0.5) is 0 Å². The fourth-order valence-corrected chi connectivity index (χ4v) is 5.24. The van der Waals surface area contributed by atoms with E-state index < -0.39 is 0 Å². The monoisotopic (exact) mass is 423 g/mol. The van der Waals surface area contributed by atoms with E-state index in [1.54, 1.807) is 0 Å². The maximum absolute atomic E-state index is 4.93. The summed E-state index contributed by atoms with van der Waals surface area (Å²) in [5.74, 6) is 0.943. The van der Waals surface area contributed by atoms with E-state index in [2.05, 4.69) is 112 Å². The highest BCUT2D eigenvalue weighted by Crippen LogP contribution is 2.41. The summed E-state index contributed by atoms with van der Waals surface area (Å²) in [4.78, 5) is 4.93. The van der Waals surface area contributed by atoms with Gasteiger partial charge in [-0.25, -0.2) is 4.98 Å². The SMILES string of the molecule is Cc1cccc(-n2c3ccccc3c3ccc4c5ccccc5n(-c5ccccc5)c4c32)n1. The molecule has 0 N–H and O–H groups in total. The van der Waals surface area contributed by atoms with E-state index in [0.29, 0.717) is 0 Å². The van der Waals surface area contributed by atoms with Gasteiger partial charge < -0.3 is 4.57 Å². The summed E-state index contributed by atoms with van der Waals surface area (Å²) in [6, 6.07) is 38.8. The molecule has 0 saturated carbocycles. The molecule has 3 heterocycles. The van der Waals surface area contributed by atoms with E-state index in [-0.39, 0.29) is 0 Å². The van der Waals surface area contributed by atoms with Crippen LogP contribution < -0.4 is 0 Å². The van der Waals surface area contributed by atoms with Crippen molar-refractivity contribution < 1.29 is 0 Å². The molecule has 0 aliphatic rings. The van der Waals surface area contributed by atoms with Crippen molar-refractivity contribution in [3.63, 3.8) is 0 Å². The summed E-state index contributed by atoms with van der Waals surface area (Å²) in [7, 11) is 0. The molecule has 7 aromatic rings. The fraction of sp³-hybridized carbons (Fsp3) is 0.0333. The van der Waals surface area contributed by atoms with Crippen molar-refractivity contribution in [2.75, 3.05) is 0 Å². The minimum Gasteiger partial charge on any atom is -0.307 e. The molecule has 33 heavy (non-hydrogen) atoms. The number of hydrogen-bond acceptors (Lipinski definition) is 1. The van der Waals surface area contributed by atoms with Crippen LogP contribution in [-0.4, -0.2) is 14.1 Å². The Balaban J connectivity index is 1.80. The van der Waals surface area contributed by atoms with Crippen LogP contribution in [0.1, 0.15) is 5.69 Å². The van der Waals surface area contributed by atoms with Crippen LogP contribution in [-0.2, 0) is 0 Å². The third-order valence-electron chi connectivity index (χ3n) is 6.59. The third-order valence-corrected chi connectivity index (χ3v) is 6.59. The van der Waals surface area contributed by atoms with Crippen LogP contribution in [0, 0.1) is 6.92 Å². The maximum Gasteiger partial charge on any atom is 0.137 e. The van der Waals surface area contributed by atoms with Crippen molar-refractivity contribution in [1.82, 2.24) is 14.1 Å². The van der Waals surface area contributed by atoms with E-state index in [4.69, 9.17) is 4.98 Å². The molecule has 3 nitrogen and oxygen atoms in total. The molecule has 0 aliphatic carbocycles. The largest absolute Gasteiger partial charge is 0.307 e. The molecule has 4 aromatic carbocycles. The number of aromatic nitrogens is 3. The average Bonchev–Trinajstić information content (AvgIpc) is 3.38. The lowest BCUT2D eigenvalue weighted by atomic mass is 10.1. The molecule has 156 valence electrons. The molecular weight excluding hydrogens is 402 g/mol. The van der Waals surface area contributed by atoms with Crippen LogP contribution in [0.3, 0.4) is 0 Å². The zero-order chi connectivity index (χ0) is 21.9. The average molecular weight is 424 g/mol. The highest BCUT2D eigenvalue weighted by molar-refractivity contribution is 6.23. The smallest absolute Gasteiger partial charge is 0.137 e. The summed E-state index contributed by atoms with van der Waals surface area (Å²) < 4.78 is 4.73. The summed E-state index contributed by atoms with van der Waals surface area (Å²) in [6.45, 7) is 2.05. The lowest BCUT2D eigenvalue weighted by Crippen LogP contribution is -2.01. The Hall–Kier alpha value is -4.37. The van der Waals surface area contributed by atoms with E-state index in [9.17, 15) is 0 Å². The van der Waals surface area contributed by atoms with E-state index in [1.165, 1.54) is 43.6 Å². The highest BCUT2D eigenvalue weighted by Gasteiger charge is 2.21.